The van der Waals surface area contributed by atoms with E-state index in [1.807, 2.05) is 0 Å². The van der Waals surface area contributed by atoms with Gasteiger partial charge >= 0.3 is 6.36 Å². The summed E-state index contributed by atoms with van der Waals surface area (Å²) in [6.45, 7) is 0.328. The van der Waals surface area contributed by atoms with E-state index in [9.17, 15) is 30.4 Å². The average molecular weight is 566 g/mol. The number of fused-ring (bicyclic) bond motifs is 2. The van der Waals surface area contributed by atoms with Crippen LogP contribution in [0.4, 0.5) is 22.0 Å². The molecular weight excluding hydrogens is 541 g/mol. The number of alkyl halides is 3. The van der Waals surface area contributed by atoms with E-state index in [0.29, 0.717) is 32.3 Å². The van der Waals surface area contributed by atoms with Gasteiger partial charge in [-0.25, -0.2) is 8.78 Å². The number of rotatable bonds is 5. The van der Waals surface area contributed by atoms with Gasteiger partial charge in [-0.3, -0.25) is 0 Å². The summed E-state index contributed by atoms with van der Waals surface area (Å²) in [7, 11) is -4.17. The maximum atomic E-state index is 14.1. The maximum absolute atomic E-state index is 14.1. The van der Waals surface area contributed by atoms with E-state index in [4.69, 9.17) is 4.74 Å². The Morgan fingerprint density at radius 3 is 2.05 bits per heavy atom. The molecule has 5 nitrogen and oxygen atoms in total. The minimum absolute atomic E-state index is 0.271. The van der Waals surface area contributed by atoms with Crippen molar-refractivity contribution in [2.24, 2.45) is 10.3 Å². The van der Waals surface area contributed by atoms with Gasteiger partial charge in [-0.15, -0.1) is 13.2 Å². The molecule has 3 aromatic carbocycles. The van der Waals surface area contributed by atoms with Gasteiger partial charge in [0.15, 0.2) is 0 Å². The molecule has 0 spiro atoms. The zero-order valence-electron chi connectivity index (χ0n) is 20.5. The van der Waals surface area contributed by atoms with E-state index in [-0.39, 0.29) is 28.4 Å². The third-order valence-corrected chi connectivity index (χ3v) is 8.30. The lowest BCUT2D eigenvalue weighted by Gasteiger charge is -2.35. The van der Waals surface area contributed by atoms with Crippen LogP contribution < -0.4 is 4.74 Å². The first-order chi connectivity index (χ1) is 18.5. The van der Waals surface area contributed by atoms with Gasteiger partial charge in [0.05, 0.1) is 11.0 Å². The molecule has 1 saturated heterocycles. The van der Waals surface area contributed by atoms with Gasteiger partial charge in [0.1, 0.15) is 17.4 Å². The van der Waals surface area contributed by atoms with Crippen LogP contribution >= 0.6 is 0 Å². The number of hydrogen-bond donors (Lipinski definition) is 0. The van der Waals surface area contributed by atoms with Gasteiger partial charge in [-0.2, -0.15) is 12.8 Å². The molecule has 1 aliphatic carbocycles. The Bertz CT molecular complexity index is 1440. The van der Waals surface area contributed by atoms with Crippen LogP contribution in [0, 0.1) is 17.6 Å². The van der Waals surface area contributed by atoms with E-state index in [1.165, 1.54) is 30.5 Å². The summed E-state index contributed by atoms with van der Waals surface area (Å²) < 4.78 is 104. The van der Waals surface area contributed by atoms with Gasteiger partial charge in [0.2, 0.25) is 0 Å². The first-order valence-electron chi connectivity index (χ1n) is 12.3. The van der Waals surface area contributed by atoms with Crippen LogP contribution in [0.2, 0.25) is 0 Å². The summed E-state index contributed by atoms with van der Waals surface area (Å²) in [4.78, 5) is -0.271. The first-order valence-corrected chi connectivity index (χ1v) is 13.8. The third-order valence-electron chi connectivity index (χ3n) is 7.04. The zero-order valence-corrected chi connectivity index (χ0v) is 21.3. The molecule has 1 fully saturated rings. The number of halogens is 5. The van der Waals surface area contributed by atoms with Crippen molar-refractivity contribution >= 4 is 16.2 Å². The molecule has 0 amide bonds. The summed E-state index contributed by atoms with van der Waals surface area (Å²) in [6, 6.07) is 13.0. The van der Waals surface area contributed by atoms with Crippen molar-refractivity contribution in [3.8, 4) is 5.75 Å². The minimum atomic E-state index is -4.89. The van der Waals surface area contributed by atoms with Crippen LogP contribution in [0.3, 0.4) is 0 Å². The molecule has 5 rings (SSSR count). The van der Waals surface area contributed by atoms with Crippen LogP contribution in [0.25, 0.3) is 0 Å². The summed E-state index contributed by atoms with van der Waals surface area (Å²) in [5.74, 6) is -1.85. The lowest BCUT2D eigenvalue weighted by molar-refractivity contribution is -0.274. The van der Waals surface area contributed by atoms with Crippen LogP contribution in [0.15, 0.2) is 70.0 Å². The van der Waals surface area contributed by atoms with Gasteiger partial charge in [0, 0.05) is 18.7 Å². The van der Waals surface area contributed by atoms with Gasteiger partial charge in [0.25, 0.3) is 10.0 Å². The highest BCUT2D eigenvalue weighted by Gasteiger charge is 2.35. The Morgan fingerprint density at radius 1 is 0.897 bits per heavy atom. The second-order valence-corrected chi connectivity index (χ2v) is 11.2. The highest BCUT2D eigenvalue weighted by Crippen LogP contribution is 2.41. The van der Waals surface area contributed by atoms with E-state index in [1.54, 1.807) is 12.1 Å². The summed E-state index contributed by atoms with van der Waals surface area (Å²) in [5.41, 5.74) is 3.41. The fourth-order valence-electron chi connectivity index (χ4n) is 5.29. The highest BCUT2D eigenvalue weighted by molar-refractivity contribution is 7.90. The fraction of sp³-hybridized carbons (Fsp3) is 0.321. The molecule has 1 aliphatic heterocycles. The second kappa shape index (κ2) is 10.7. The van der Waals surface area contributed by atoms with Gasteiger partial charge in [-0.05, 0) is 102 Å². The fourth-order valence-corrected chi connectivity index (χ4v) is 6.22. The van der Waals surface area contributed by atoms with E-state index >= 15 is 0 Å². The molecule has 206 valence electrons. The van der Waals surface area contributed by atoms with Crippen LogP contribution in [0.5, 0.6) is 5.75 Å². The lowest BCUT2D eigenvalue weighted by Crippen LogP contribution is -2.33. The molecular formula is C28H24F5NO4S. The number of sulfonamides is 1. The topological polar surface area (TPSA) is 65.0 Å². The molecule has 1 heterocycles. The van der Waals surface area contributed by atoms with E-state index < -0.39 is 28.2 Å². The quantitative estimate of drug-likeness (QED) is 0.267. The predicted molar refractivity (Wildman–Crippen MR) is 133 cm³/mol. The molecule has 11 heteroatoms. The maximum Gasteiger partial charge on any atom is 0.573 e. The summed E-state index contributed by atoms with van der Waals surface area (Å²) in [5, 5.41) is 0. The summed E-state index contributed by atoms with van der Waals surface area (Å²) in [6.07, 6.45) is -1.95. The molecule has 0 saturated carbocycles. The molecule has 0 aromatic heterocycles. The molecule has 3 aromatic rings. The van der Waals surface area contributed by atoms with Crippen molar-refractivity contribution in [2.75, 3.05) is 6.61 Å². The van der Waals surface area contributed by atoms with Gasteiger partial charge < -0.3 is 9.47 Å². The SMILES string of the molecule is O=S(=O)(/N=C/C1CCO[C@@H](C2c3ccc(F)cc3CCc3cc(F)ccc32)C1)c1ccc(OC(F)(F)F)cc1. The number of hydrogen-bond acceptors (Lipinski definition) is 4. The molecule has 2 atom stereocenters. The van der Waals surface area contributed by atoms with Crippen molar-refractivity contribution in [1.29, 1.82) is 0 Å². The highest BCUT2D eigenvalue weighted by atomic mass is 32.2. The number of nitrogens with zero attached hydrogens (tertiary/aromatic N) is 1. The van der Waals surface area contributed by atoms with Crippen LogP contribution in [-0.2, 0) is 27.6 Å². The first kappa shape index (κ1) is 27.3. The smallest absolute Gasteiger partial charge is 0.406 e. The molecule has 0 bridgehead atoms. The average Bonchev–Trinajstić information content (AvgIpc) is 3.03. The van der Waals surface area contributed by atoms with Crippen molar-refractivity contribution in [3.63, 3.8) is 0 Å². The third kappa shape index (κ3) is 6.30. The standard InChI is InChI=1S/C28H24F5NO4S/c29-20-3-9-24-18(14-20)1-2-19-15-21(30)4-10-25(19)27(24)26-13-17(11-12-37-26)16-34-39(35,36)23-7-5-22(6-8-23)38-28(31,32)33/h3-10,14-17,26-27H,1-2,11-13H2/b34-16+/t17?,26-/m1/s1. The van der Waals surface area contributed by atoms with E-state index in [2.05, 4.69) is 9.13 Å². The molecule has 39 heavy (non-hydrogen) atoms. The normalized spacial score (nSPS) is 20.3. The number of benzene rings is 3. The largest absolute Gasteiger partial charge is 0.573 e. The predicted octanol–water partition coefficient (Wildman–Crippen LogP) is 6.35. The second-order valence-electron chi connectivity index (χ2n) is 9.61. The number of aryl methyl sites for hydroxylation is 2. The molecule has 1 unspecified atom stereocenters. The van der Waals surface area contributed by atoms with Gasteiger partial charge in [-0.1, -0.05) is 12.1 Å². The van der Waals surface area contributed by atoms with Crippen LogP contribution in [0.1, 0.15) is 41.0 Å². The molecule has 0 radical (unpaired) electrons. The Labute approximate surface area is 222 Å². The molecule has 0 N–H and O–H groups in total. The Balaban J connectivity index is 1.38. The Morgan fingerprint density at radius 2 is 1.49 bits per heavy atom. The van der Waals surface area contributed by atoms with Crippen molar-refractivity contribution in [2.45, 2.75) is 49.0 Å². The van der Waals surface area contributed by atoms with E-state index in [0.717, 1.165) is 46.5 Å². The molecule has 2 aliphatic rings. The Kier molecular flexibility index (Phi) is 7.47. The summed E-state index contributed by atoms with van der Waals surface area (Å²) >= 11 is 0. The lowest BCUT2D eigenvalue weighted by atomic mass is 9.79. The zero-order chi connectivity index (χ0) is 27.8. The Hall–Kier alpha value is -3.31. The number of ether oxygens (including phenoxy) is 2. The minimum Gasteiger partial charge on any atom is -0.406 e. The van der Waals surface area contributed by atoms with Crippen molar-refractivity contribution in [1.82, 2.24) is 0 Å². The van der Waals surface area contributed by atoms with Crippen LogP contribution in [-0.4, -0.2) is 33.7 Å². The monoisotopic (exact) mass is 565 g/mol. The van der Waals surface area contributed by atoms with Crippen molar-refractivity contribution < 1.29 is 39.8 Å². The van der Waals surface area contributed by atoms with Crippen molar-refractivity contribution in [3.05, 3.63) is 94.6 Å².